The quantitative estimate of drug-likeness (QED) is 0.924. The molecule has 6 nitrogen and oxygen atoms in total. The third-order valence-electron chi connectivity index (χ3n) is 4.42. The number of piperazine rings is 1. The first kappa shape index (κ1) is 17.0. The molecule has 0 aliphatic carbocycles. The number of carbonyl (C=O) groups excluding carboxylic acids is 1. The fraction of sp³-hybridized carbons (Fsp3) is 0.316. The van der Waals surface area contributed by atoms with Crippen molar-refractivity contribution in [1.82, 2.24) is 4.90 Å². The van der Waals surface area contributed by atoms with Crippen molar-refractivity contribution in [3.8, 4) is 17.2 Å². The first-order chi connectivity index (χ1) is 12.1. The summed E-state index contributed by atoms with van der Waals surface area (Å²) in [7, 11) is 3.13. The molecule has 3 rings (SSSR count). The van der Waals surface area contributed by atoms with Crippen molar-refractivity contribution in [3.05, 3.63) is 48.0 Å². The highest BCUT2D eigenvalue weighted by Crippen LogP contribution is 2.27. The smallest absolute Gasteiger partial charge is 0.257 e. The molecule has 0 saturated carbocycles. The molecule has 1 fully saturated rings. The van der Waals surface area contributed by atoms with Crippen molar-refractivity contribution in [1.29, 1.82) is 0 Å². The van der Waals surface area contributed by atoms with Crippen molar-refractivity contribution < 1.29 is 19.4 Å². The highest BCUT2D eigenvalue weighted by atomic mass is 16.5. The van der Waals surface area contributed by atoms with Gasteiger partial charge >= 0.3 is 0 Å². The van der Waals surface area contributed by atoms with Gasteiger partial charge in [-0.05, 0) is 36.4 Å². The van der Waals surface area contributed by atoms with Crippen molar-refractivity contribution in [2.24, 2.45) is 0 Å². The molecule has 1 N–H and O–H groups in total. The summed E-state index contributed by atoms with van der Waals surface area (Å²) < 4.78 is 10.5. The number of hydrogen-bond acceptors (Lipinski definition) is 5. The monoisotopic (exact) mass is 342 g/mol. The largest absolute Gasteiger partial charge is 0.508 e. The predicted octanol–water partition coefficient (Wildman–Crippen LogP) is 2.37. The van der Waals surface area contributed by atoms with Crippen LogP contribution in [-0.4, -0.2) is 56.3 Å². The highest BCUT2D eigenvalue weighted by Gasteiger charge is 2.24. The molecule has 2 aromatic rings. The third-order valence-corrected chi connectivity index (χ3v) is 4.42. The second-order valence-electron chi connectivity index (χ2n) is 5.86. The Balaban J connectivity index is 1.68. The van der Waals surface area contributed by atoms with Crippen molar-refractivity contribution >= 4 is 11.6 Å². The zero-order valence-electron chi connectivity index (χ0n) is 14.4. The minimum absolute atomic E-state index is 0.0372. The maximum atomic E-state index is 12.8. The third kappa shape index (κ3) is 3.63. The van der Waals surface area contributed by atoms with Gasteiger partial charge in [0.05, 0.1) is 19.8 Å². The lowest BCUT2D eigenvalue weighted by atomic mass is 10.1. The van der Waals surface area contributed by atoms with E-state index in [1.54, 1.807) is 44.6 Å². The molecule has 1 aliphatic heterocycles. The number of phenols is 1. The zero-order valence-corrected chi connectivity index (χ0v) is 14.4. The second-order valence-corrected chi connectivity index (χ2v) is 5.86. The van der Waals surface area contributed by atoms with Crippen LogP contribution < -0.4 is 14.4 Å². The van der Waals surface area contributed by atoms with Gasteiger partial charge in [0.25, 0.3) is 5.91 Å². The molecule has 0 aromatic heterocycles. The minimum Gasteiger partial charge on any atom is -0.508 e. The number of hydrogen-bond donors (Lipinski definition) is 1. The predicted molar refractivity (Wildman–Crippen MR) is 95.8 cm³/mol. The summed E-state index contributed by atoms with van der Waals surface area (Å²) in [4.78, 5) is 16.9. The topological polar surface area (TPSA) is 62.2 Å². The maximum absolute atomic E-state index is 12.8. The number of ether oxygens (including phenoxy) is 2. The molecule has 1 saturated heterocycles. The van der Waals surface area contributed by atoms with Crippen molar-refractivity contribution in [2.75, 3.05) is 45.3 Å². The molecule has 0 spiro atoms. The van der Waals surface area contributed by atoms with Crippen LogP contribution >= 0.6 is 0 Å². The van der Waals surface area contributed by atoms with Gasteiger partial charge < -0.3 is 24.4 Å². The van der Waals surface area contributed by atoms with Gasteiger partial charge in [-0.25, -0.2) is 0 Å². The van der Waals surface area contributed by atoms with E-state index in [0.29, 0.717) is 30.2 Å². The number of aromatic hydroxyl groups is 1. The summed E-state index contributed by atoms with van der Waals surface area (Å²) in [6.07, 6.45) is 0. The van der Waals surface area contributed by atoms with Crippen LogP contribution in [-0.2, 0) is 0 Å². The number of methoxy groups -OCH3 is 2. The lowest BCUT2D eigenvalue weighted by Crippen LogP contribution is -2.48. The molecule has 0 atom stereocenters. The molecule has 0 unspecified atom stereocenters. The fourth-order valence-corrected chi connectivity index (χ4v) is 2.98. The van der Waals surface area contributed by atoms with Gasteiger partial charge in [0.2, 0.25) is 0 Å². The summed E-state index contributed by atoms with van der Waals surface area (Å²) in [6.45, 7) is 2.76. The van der Waals surface area contributed by atoms with E-state index in [9.17, 15) is 9.90 Å². The van der Waals surface area contributed by atoms with Crippen molar-refractivity contribution in [2.45, 2.75) is 0 Å². The zero-order chi connectivity index (χ0) is 17.8. The van der Waals surface area contributed by atoms with Gasteiger partial charge in [-0.15, -0.1) is 0 Å². The van der Waals surface area contributed by atoms with Crippen LogP contribution in [0.2, 0.25) is 0 Å². The SMILES string of the molecule is COc1ccc(C(=O)N2CCN(c3ccc(O)cc3)CC2)c(OC)c1. The molecule has 0 radical (unpaired) electrons. The Bertz CT molecular complexity index is 738. The van der Waals surface area contributed by atoms with Crippen LogP contribution in [0.25, 0.3) is 0 Å². The molecule has 25 heavy (non-hydrogen) atoms. The summed E-state index contributed by atoms with van der Waals surface area (Å²) in [5, 5.41) is 9.39. The van der Waals surface area contributed by atoms with E-state index in [1.165, 1.54) is 0 Å². The van der Waals surface area contributed by atoms with E-state index < -0.39 is 0 Å². The number of anilines is 1. The van der Waals surface area contributed by atoms with Gasteiger partial charge in [0.15, 0.2) is 0 Å². The highest BCUT2D eigenvalue weighted by molar-refractivity contribution is 5.97. The number of rotatable bonds is 4. The molecular formula is C19H22N2O4. The van der Waals surface area contributed by atoms with Gasteiger partial charge in [0.1, 0.15) is 17.2 Å². The summed E-state index contributed by atoms with van der Waals surface area (Å²) in [5.41, 5.74) is 1.59. The average molecular weight is 342 g/mol. The van der Waals surface area contributed by atoms with Crippen LogP contribution in [0.1, 0.15) is 10.4 Å². The second kappa shape index (κ2) is 7.34. The average Bonchev–Trinajstić information content (AvgIpc) is 2.67. The Kier molecular flexibility index (Phi) is 4.97. The van der Waals surface area contributed by atoms with E-state index in [0.717, 1.165) is 18.8 Å². The van der Waals surface area contributed by atoms with Crippen LogP contribution in [0, 0.1) is 0 Å². The standard InChI is InChI=1S/C19H22N2O4/c1-24-16-7-8-17(18(13-16)25-2)19(23)21-11-9-20(10-12-21)14-3-5-15(22)6-4-14/h3-8,13,22H,9-12H2,1-2H3. The lowest BCUT2D eigenvalue weighted by Gasteiger charge is -2.36. The number of benzene rings is 2. The van der Waals surface area contributed by atoms with Gasteiger partial charge in [-0.3, -0.25) is 4.79 Å². The Morgan fingerprint density at radius 2 is 1.64 bits per heavy atom. The first-order valence-corrected chi connectivity index (χ1v) is 8.17. The van der Waals surface area contributed by atoms with E-state index in [1.807, 2.05) is 17.0 Å². The van der Waals surface area contributed by atoms with Crippen molar-refractivity contribution in [3.63, 3.8) is 0 Å². The van der Waals surface area contributed by atoms with Gasteiger partial charge in [-0.2, -0.15) is 0 Å². The van der Waals surface area contributed by atoms with Crippen LogP contribution in [0.3, 0.4) is 0 Å². The molecule has 1 heterocycles. The molecule has 1 aliphatic rings. The fourth-order valence-electron chi connectivity index (χ4n) is 2.98. The number of nitrogens with zero attached hydrogens (tertiary/aromatic N) is 2. The molecule has 6 heteroatoms. The first-order valence-electron chi connectivity index (χ1n) is 8.17. The molecular weight excluding hydrogens is 320 g/mol. The molecule has 0 bridgehead atoms. The van der Waals surface area contributed by atoms with E-state index >= 15 is 0 Å². The maximum Gasteiger partial charge on any atom is 0.257 e. The van der Waals surface area contributed by atoms with Gasteiger partial charge in [0, 0.05) is 37.9 Å². The minimum atomic E-state index is -0.0372. The molecule has 1 amide bonds. The number of amides is 1. The summed E-state index contributed by atoms with van der Waals surface area (Å²) in [6, 6.07) is 12.4. The van der Waals surface area contributed by atoms with Crippen LogP contribution in [0.4, 0.5) is 5.69 Å². The normalized spacial score (nSPS) is 14.3. The number of carbonyl (C=O) groups is 1. The lowest BCUT2D eigenvalue weighted by molar-refractivity contribution is 0.0743. The summed E-state index contributed by atoms with van der Waals surface area (Å²) in [5.74, 6) is 1.39. The van der Waals surface area contributed by atoms with Gasteiger partial charge in [-0.1, -0.05) is 0 Å². The van der Waals surface area contributed by atoms with Crippen LogP contribution in [0.5, 0.6) is 17.2 Å². The Hall–Kier alpha value is -2.89. The Morgan fingerprint density at radius 3 is 2.24 bits per heavy atom. The Morgan fingerprint density at radius 1 is 0.960 bits per heavy atom. The Labute approximate surface area is 147 Å². The van der Waals surface area contributed by atoms with E-state index in [-0.39, 0.29) is 11.7 Å². The molecule has 2 aromatic carbocycles. The van der Waals surface area contributed by atoms with Crippen LogP contribution in [0.15, 0.2) is 42.5 Å². The van der Waals surface area contributed by atoms with E-state index in [2.05, 4.69) is 4.90 Å². The van der Waals surface area contributed by atoms with E-state index in [4.69, 9.17) is 9.47 Å². The summed E-state index contributed by atoms with van der Waals surface area (Å²) >= 11 is 0. The molecule has 132 valence electrons. The number of phenolic OH excluding ortho intramolecular Hbond substituents is 1.